The highest BCUT2D eigenvalue weighted by Gasteiger charge is 2.28. The van der Waals surface area contributed by atoms with E-state index in [0.29, 0.717) is 16.5 Å². The van der Waals surface area contributed by atoms with E-state index < -0.39 is 9.84 Å². The molecule has 0 aromatic heterocycles. The third-order valence-corrected chi connectivity index (χ3v) is 5.89. The molecule has 2 rings (SSSR count). The molecular formula is C15H23NO3S. The van der Waals surface area contributed by atoms with E-state index in [0.717, 1.165) is 25.7 Å². The van der Waals surface area contributed by atoms with Crippen LogP contribution in [0.1, 0.15) is 32.6 Å². The minimum atomic E-state index is -3.21. The molecule has 1 fully saturated rings. The van der Waals surface area contributed by atoms with E-state index >= 15 is 0 Å². The van der Waals surface area contributed by atoms with E-state index in [9.17, 15) is 8.42 Å². The minimum absolute atomic E-state index is 0.108. The Bertz CT molecular complexity index is 542. The van der Waals surface area contributed by atoms with Crippen molar-refractivity contribution in [1.29, 1.82) is 0 Å². The van der Waals surface area contributed by atoms with Gasteiger partial charge in [-0.3, -0.25) is 0 Å². The number of aliphatic hydroxyl groups excluding tert-OH is 1. The Kier molecular flexibility index (Phi) is 5.05. The van der Waals surface area contributed by atoms with Crippen molar-refractivity contribution in [3.63, 3.8) is 0 Å². The zero-order valence-electron chi connectivity index (χ0n) is 11.9. The standard InChI is InChI=1S/C15H23NO3S/c1-2-20(18,19)15-9-4-3-7-14(15)16-13-8-5-6-12(13)10-11-17/h3-4,7,9,12-13,16-17H,2,5-6,8,10-11H2,1H3/t12-,13-/m1/s1. The second-order valence-corrected chi connectivity index (χ2v) is 7.60. The first-order valence-corrected chi connectivity index (χ1v) is 8.93. The second-order valence-electron chi connectivity index (χ2n) is 5.35. The van der Waals surface area contributed by atoms with Crippen LogP contribution in [0.3, 0.4) is 0 Å². The molecule has 2 N–H and O–H groups in total. The molecule has 0 saturated heterocycles. The van der Waals surface area contributed by atoms with Crippen LogP contribution in [0.25, 0.3) is 0 Å². The first-order chi connectivity index (χ1) is 9.58. The third-order valence-electron chi connectivity index (χ3n) is 4.10. The molecule has 20 heavy (non-hydrogen) atoms. The number of sulfone groups is 1. The van der Waals surface area contributed by atoms with Crippen molar-refractivity contribution in [2.75, 3.05) is 17.7 Å². The molecule has 5 heteroatoms. The summed E-state index contributed by atoms with van der Waals surface area (Å²) in [6.45, 7) is 1.86. The van der Waals surface area contributed by atoms with Gasteiger partial charge in [-0.15, -0.1) is 0 Å². The quantitative estimate of drug-likeness (QED) is 0.846. The van der Waals surface area contributed by atoms with Gasteiger partial charge < -0.3 is 10.4 Å². The highest BCUT2D eigenvalue weighted by molar-refractivity contribution is 7.91. The average molecular weight is 297 g/mol. The van der Waals surface area contributed by atoms with Crippen molar-refractivity contribution in [2.24, 2.45) is 5.92 Å². The molecule has 1 saturated carbocycles. The molecule has 0 bridgehead atoms. The van der Waals surface area contributed by atoms with Crippen molar-refractivity contribution in [3.05, 3.63) is 24.3 Å². The average Bonchev–Trinajstić information content (AvgIpc) is 2.87. The number of nitrogens with one attached hydrogen (secondary N) is 1. The Labute approximate surface area is 121 Å². The number of benzene rings is 1. The monoisotopic (exact) mass is 297 g/mol. The SMILES string of the molecule is CCS(=O)(=O)c1ccccc1N[C@@H]1CCC[C@@H]1CCO. The van der Waals surface area contributed by atoms with Crippen molar-refractivity contribution in [1.82, 2.24) is 0 Å². The van der Waals surface area contributed by atoms with Gasteiger partial charge in [0.05, 0.1) is 16.3 Å². The van der Waals surface area contributed by atoms with E-state index in [1.165, 1.54) is 0 Å². The number of hydrogen-bond donors (Lipinski definition) is 2. The fourth-order valence-corrected chi connectivity index (χ4v) is 4.01. The molecular weight excluding hydrogens is 274 g/mol. The summed E-state index contributed by atoms with van der Waals surface area (Å²) in [4.78, 5) is 0.386. The minimum Gasteiger partial charge on any atom is -0.396 e. The molecule has 0 heterocycles. The topological polar surface area (TPSA) is 66.4 Å². The first-order valence-electron chi connectivity index (χ1n) is 7.27. The van der Waals surface area contributed by atoms with Gasteiger partial charge in [-0.25, -0.2) is 8.42 Å². The van der Waals surface area contributed by atoms with Gasteiger partial charge in [-0.1, -0.05) is 25.5 Å². The summed E-state index contributed by atoms with van der Waals surface area (Å²) in [5, 5.41) is 12.5. The predicted molar refractivity (Wildman–Crippen MR) is 80.6 cm³/mol. The summed E-state index contributed by atoms with van der Waals surface area (Å²) in [7, 11) is -3.21. The lowest BCUT2D eigenvalue weighted by atomic mass is 10.00. The van der Waals surface area contributed by atoms with E-state index in [2.05, 4.69) is 5.32 Å². The largest absolute Gasteiger partial charge is 0.396 e. The highest BCUT2D eigenvalue weighted by atomic mass is 32.2. The van der Waals surface area contributed by atoms with E-state index in [1.54, 1.807) is 19.1 Å². The number of hydrogen-bond acceptors (Lipinski definition) is 4. The van der Waals surface area contributed by atoms with Gasteiger partial charge in [0.25, 0.3) is 0 Å². The summed E-state index contributed by atoms with van der Waals surface area (Å²) in [6, 6.07) is 7.37. The van der Waals surface area contributed by atoms with Gasteiger partial charge in [-0.2, -0.15) is 0 Å². The Morgan fingerprint density at radius 3 is 2.75 bits per heavy atom. The summed E-state index contributed by atoms with van der Waals surface area (Å²) >= 11 is 0. The van der Waals surface area contributed by atoms with Crippen LogP contribution in [0.4, 0.5) is 5.69 Å². The Morgan fingerprint density at radius 2 is 2.05 bits per heavy atom. The Balaban J connectivity index is 2.22. The smallest absolute Gasteiger partial charge is 0.180 e. The molecule has 0 amide bonds. The van der Waals surface area contributed by atoms with Crippen LogP contribution in [0.5, 0.6) is 0 Å². The van der Waals surface area contributed by atoms with Gasteiger partial charge in [0.2, 0.25) is 0 Å². The maximum absolute atomic E-state index is 12.1. The lowest BCUT2D eigenvalue weighted by molar-refractivity contribution is 0.254. The van der Waals surface area contributed by atoms with Crippen molar-refractivity contribution >= 4 is 15.5 Å². The predicted octanol–water partition coefficient (Wildman–Crippen LogP) is 2.44. The van der Waals surface area contributed by atoms with E-state index in [4.69, 9.17) is 5.11 Å². The molecule has 0 aliphatic heterocycles. The number of rotatable bonds is 6. The molecule has 112 valence electrons. The molecule has 1 aliphatic rings. The first kappa shape index (κ1) is 15.3. The number of para-hydroxylation sites is 1. The van der Waals surface area contributed by atoms with Gasteiger partial charge in [0.15, 0.2) is 9.84 Å². The van der Waals surface area contributed by atoms with Crippen molar-refractivity contribution < 1.29 is 13.5 Å². The number of anilines is 1. The fraction of sp³-hybridized carbons (Fsp3) is 0.600. The van der Waals surface area contributed by atoms with E-state index in [-0.39, 0.29) is 18.4 Å². The van der Waals surface area contributed by atoms with E-state index in [1.807, 2.05) is 12.1 Å². The fourth-order valence-electron chi connectivity index (χ4n) is 2.95. The molecule has 2 atom stereocenters. The maximum atomic E-state index is 12.1. The lowest BCUT2D eigenvalue weighted by Crippen LogP contribution is -2.25. The lowest BCUT2D eigenvalue weighted by Gasteiger charge is -2.23. The molecule has 1 aromatic rings. The molecule has 0 unspecified atom stereocenters. The Morgan fingerprint density at radius 1 is 1.30 bits per heavy atom. The highest BCUT2D eigenvalue weighted by Crippen LogP contribution is 2.32. The summed E-state index contributed by atoms with van der Waals surface area (Å²) in [5.41, 5.74) is 0.698. The molecule has 1 aliphatic carbocycles. The molecule has 4 nitrogen and oxygen atoms in total. The van der Waals surface area contributed by atoms with Crippen molar-refractivity contribution in [2.45, 2.75) is 43.5 Å². The van der Waals surface area contributed by atoms with Crippen LogP contribution in [-0.4, -0.2) is 31.9 Å². The third kappa shape index (κ3) is 3.33. The summed E-state index contributed by atoms with van der Waals surface area (Å²) in [6.07, 6.45) is 4.04. The summed E-state index contributed by atoms with van der Waals surface area (Å²) in [5.74, 6) is 0.536. The summed E-state index contributed by atoms with van der Waals surface area (Å²) < 4.78 is 24.2. The van der Waals surface area contributed by atoms with Gasteiger partial charge >= 0.3 is 0 Å². The van der Waals surface area contributed by atoms with Gasteiger partial charge in [-0.05, 0) is 37.3 Å². The Hall–Kier alpha value is -1.07. The maximum Gasteiger partial charge on any atom is 0.180 e. The zero-order valence-corrected chi connectivity index (χ0v) is 12.7. The van der Waals surface area contributed by atoms with Gasteiger partial charge in [0, 0.05) is 12.6 Å². The molecule has 1 aromatic carbocycles. The van der Waals surface area contributed by atoms with Crippen LogP contribution in [0.15, 0.2) is 29.2 Å². The number of aliphatic hydroxyl groups is 1. The van der Waals surface area contributed by atoms with Gasteiger partial charge in [0.1, 0.15) is 0 Å². The second kappa shape index (κ2) is 6.59. The van der Waals surface area contributed by atoms with Crippen LogP contribution in [0, 0.1) is 5.92 Å². The molecule has 0 radical (unpaired) electrons. The zero-order chi connectivity index (χ0) is 14.6. The molecule has 0 spiro atoms. The van der Waals surface area contributed by atoms with Crippen LogP contribution >= 0.6 is 0 Å². The van der Waals surface area contributed by atoms with Crippen LogP contribution in [-0.2, 0) is 9.84 Å². The van der Waals surface area contributed by atoms with Crippen molar-refractivity contribution in [3.8, 4) is 0 Å². The van der Waals surface area contributed by atoms with Crippen LogP contribution in [0.2, 0.25) is 0 Å². The normalized spacial score (nSPS) is 22.9. The van der Waals surface area contributed by atoms with Crippen LogP contribution < -0.4 is 5.32 Å².